The van der Waals surface area contributed by atoms with Crippen molar-refractivity contribution < 1.29 is 4.79 Å². The number of imidazole rings is 1. The Labute approximate surface area is 149 Å². The first-order chi connectivity index (χ1) is 11.6. The van der Waals surface area contributed by atoms with Crippen molar-refractivity contribution in [1.29, 1.82) is 0 Å². The Morgan fingerprint density at radius 2 is 1.56 bits per heavy atom. The number of carbonyl (C=O) groups is 1. The second kappa shape index (κ2) is 6.90. The van der Waals surface area contributed by atoms with Crippen molar-refractivity contribution in [2.45, 2.75) is 67.1 Å². The van der Waals surface area contributed by atoms with Crippen LogP contribution in [-0.2, 0) is 11.3 Å². The van der Waals surface area contributed by atoms with Gasteiger partial charge >= 0.3 is 5.69 Å². The number of carbonyl (C=O) groups excluding carboxylic acids is 1. The van der Waals surface area contributed by atoms with Crippen molar-refractivity contribution in [1.82, 2.24) is 14.0 Å². The van der Waals surface area contributed by atoms with E-state index in [0.717, 1.165) is 22.2 Å². The number of benzene rings is 1. The molecule has 0 aliphatic heterocycles. The van der Waals surface area contributed by atoms with E-state index in [0.29, 0.717) is 5.70 Å². The third kappa shape index (κ3) is 3.41. The van der Waals surface area contributed by atoms with E-state index < -0.39 is 0 Å². The monoisotopic (exact) mass is 343 g/mol. The Hall–Kier alpha value is -2.30. The highest BCUT2D eigenvalue weighted by atomic mass is 16.2. The second-order valence-corrected chi connectivity index (χ2v) is 7.35. The minimum absolute atomic E-state index is 0.0362. The number of hydrogen-bond acceptors (Lipinski definition) is 2. The molecule has 0 saturated carbocycles. The zero-order chi connectivity index (χ0) is 19.0. The summed E-state index contributed by atoms with van der Waals surface area (Å²) in [5, 5.41) is 0. The third-order valence-electron chi connectivity index (χ3n) is 4.62. The molecular weight excluding hydrogens is 314 g/mol. The molecule has 5 nitrogen and oxygen atoms in total. The van der Waals surface area contributed by atoms with E-state index >= 15 is 0 Å². The molecule has 0 saturated heterocycles. The van der Waals surface area contributed by atoms with Gasteiger partial charge in [0.1, 0.15) is 6.54 Å². The molecule has 5 heteroatoms. The molecule has 0 unspecified atom stereocenters. The van der Waals surface area contributed by atoms with Crippen LogP contribution in [0.15, 0.2) is 23.5 Å². The Bertz CT molecular complexity index is 876. The summed E-state index contributed by atoms with van der Waals surface area (Å²) in [4.78, 5) is 27.6. The summed E-state index contributed by atoms with van der Waals surface area (Å²) in [6.07, 6.45) is 0. The standard InChI is InChI=1S/C20H29N3O2/c1-12(2)22(13(3)4)19(24)11-21-17-9-15(7)16(8)10-18(17)23(14(5)6)20(21)25/h9-10,12-13H,5,11H2,1-4,6-8H3. The summed E-state index contributed by atoms with van der Waals surface area (Å²) in [6, 6.07) is 4.14. The Morgan fingerprint density at radius 1 is 1.08 bits per heavy atom. The van der Waals surface area contributed by atoms with Gasteiger partial charge in [0.05, 0.1) is 11.0 Å². The van der Waals surface area contributed by atoms with Crippen LogP contribution in [0.1, 0.15) is 45.7 Å². The predicted molar refractivity (Wildman–Crippen MR) is 104 cm³/mol. The maximum atomic E-state index is 12.9. The molecule has 0 spiro atoms. The summed E-state index contributed by atoms with van der Waals surface area (Å²) >= 11 is 0. The van der Waals surface area contributed by atoms with Gasteiger partial charge in [-0.25, -0.2) is 4.79 Å². The first-order valence-corrected chi connectivity index (χ1v) is 8.75. The topological polar surface area (TPSA) is 47.2 Å². The van der Waals surface area contributed by atoms with Gasteiger partial charge in [0.2, 0.25) is 5.91 Å². The number of rotatable bonds is 5. The molecule has 2 aromatic rings. The van der Waals surface area contributed by atoms with Crippen molar-refractivity contribution in [2.24, 2.45) is 0 Å². The lowest BCUT2D eigenvalue weighted by Gasteiger charge is -2.30. The minimum Gasteiger partial charge on any atom is -0.336 e. The van der Waals surface area contributed by atoms with Gasteiger partial charge in [0.15, 0.2) is 0 Å². The number of aryl methyl sites for hydroxylation is 2. The molecule has 0 N–H and O–H groups in total. The van der Waals surface area contributed by atoms with Gasteiger partial charge in [0, 0.05) is 17.8 Å². The van der Waals surface area contributed by atoms with Crippen LogP contribution in [0.25, 0.3) is 16.7 Å². The number of nitrogens with zero attached hydrogens (tertiary/aromatic N) is 3. The lowest BCUT2D eigenvalue weighted by atomic mass is 10.1. The molecule has 1 heterocycles. The third-order valence-corrected chi connectivity index (χ3v) is 4.62. The largest absolute Gasteiger partial charge is 0.336 e. The maximum Gasteiger partial charge on any atom is 0.333 e. The fourth-order valence-corrected chi connectivity index (χ4v) is 3.42. The molecule has 1 amide bonds. The van der Waals surface area contributed by atoms with Crippen LogP contribution in [-0.4, -0.2) is 32.0 Å². The van der Waals surface area contributed by atoms with E-state index in [1.165, 1.54) is 0 Å². The SMILES string of the molecule is C=C(C)n1c(=O)n(CC(=O)N(C(C)C)C(C)C)c2cc(C)c(C)cc21. The van der Waals surface area contributed by atoms with Crippen molar-refractivity contribution in [2.75, 3.05) is 0 Å². The van der Waals surface area contributed by atoms with Gasteiger partial charge in [-0.3, -0.25) is 13.9 Å². The van der Waals surface area contributed by atoms with E-state index in [1.807, 2.05) is 58.6 Å². The lowest BCUT2D eigenvalue weighted by molar-refractivity contribution is -0.135. The van der Waals surface area contributed by atoms with Crippen LogP contribution in [0.2, 0.25) is 0 Å². The van der Waals surface area contributed by atoms with Crippen LogP contribution in [0.4, 0.5) is 0 Å². The number of hydrogen-bond donors (Lipinski definition) is 0. The highest BCUT2D eigenvalue weighted by Gasteiger charge is 2.23. The summed E-state index contributed by atoms with van der Waals surface area (Å²) < 4.78 is 3.15. The molecular formula is C20H29N3O2. The number of amides is 1. The fraction of sp³-hybridized carbons (Fsp3) is 0.500. The number of fused-ring (bicyclic) bond motifs is 1. The van der Waals surface area contributed by atoms with E-state index in [4.69, 9.17) is 0 Å². The molecule has 0 aliphatic carbocycles. The first-order valence-electron chi connectivity index (χ1n) is 8.75. The van der Waals surface area contributed by atoms with Crippen molar-refractivity contribution in [3.63, 3.8) is 0 Å². The molecule has 2 rings (SSSR count). The first kappa shape index (κ1) is 19.0. The normalized spacial score (nSPS) is 11.6. The van der Waals surface area contributed by atoms with Crippen LogP contribution >= 0.6 is 0 Å². The summed E-state index contributed by atoms with van der Waals surface area (Å²) in [7, 11) is 0. The highest BCUT2D eigenvalue weighted by molar-refractivity contribution is 5.84. The van der Waals surface area contributed by atoms with Crippen LogP contribution in [0, 0.1) is 13.8 Å². The van der Waals surface area contributed by atoms with Gasteiger partial charge in [-0.2, -0.15) is 0 Å². The van der Waals surface area contributed by atoms with Gasteiger partial charge in [-0.05, 0) is 71.7 Å². The van der Waals surface area contributed by atoms with E-state index in [1.54, 1.807) is 16.1 Å². The van der Waals surface area contributed by atoms with Crippen molar-refractivity contribution in [3.8, 4) is 0 Å². The molecule has 25 heavy (non-hydrogen) atoms. The molecule has 0 aliphatic rings. The lowest BCUT2D eigenvalue weighted by Crippen LogP contribution is -2.44. The fourth-order valence-electron chi connectivity index (χ4n) is 3.42. The highest BCUT2D eigenvalue weighted by Crippen LogP contribution is 2.21. The van der Waals surface area contributed by atoms with E-state index in [9.17, 15) is 9.59 Å². The molecule has 0 bridgehead atoms. The van der Waals surface area contributed by atoms with Crippen LogP contribution < -0.4 is 5.69 Å². The Balaban J connectivity index is 2.64. The molecule has 0 atom stereocenters. The van der Waals surface area contributed by atoms with Crippen molar-refractivity contribution >= 4 is 22.6 Å². The average molecular weight is 343 g/mol. The second-order valence-electron chi connectivity index (χ2n) is 7.35. The van der Waals surface area contributed by atoms with Gasteiger partial charge < -0.3 is 4.90 Å². The summed E-state index contributed by atoms with van der Waals surface area (Å²) in [5.74, 6) is -0.0499. The summed E-state index contributed by atoms with van der Waals surface area (Å²) in [6.45, 7) is 17.8. The Kier molecular flexibility index (Phi) is 5.26. The molecule has 1 aromatic carbocycles. The maximum absolute atomic E-state index is 12.9. The van der Waals surface area contributed by atoms with Gasteiger partial charge in [-0.15, -0.1) is 0 Å². The van der Waals surface area contributed by atoms with Crippen molar-refractivity contribution in [3.05, 3.63) is 40.3 Å². The molecule has 0 radical (unpaired) electrons. The zero-order valence-corrected chi connectivity index (χ0v) is 16.4. The smallest absolute Gasteiger partial charge is 0.333 e. The predicted octanol–water partition coefficient (Wildman–Crippen LogP) is 3.56. The number of allylic oxidation sites excluding steroid dienone is 1. The minimum atomic E-state index is -0.215. The quantitative estimate of drug-likeness (QED) is 0.833. The average Bonchev–Trinajstić information content (AvgIpc) is 2.71. The molecule has 136 valence electrons. The zero-order valence-electron chi connectivity index (χ0n) is 16.4. The van der Waals surface area contributed by atoms with Crippen LogP contribution in [0.3, 0.4) is 0 Å². The van der Waals surface area contributed by atoms with Crippen LogP contribution in [0.5, 0.6) is 0 Å². The van der Waals surface area contributed by atoms with Gasteiger partial charge in [0.25, 0.3) is 0 Å². The summed E-state index contributed by atoms with van der Waals surface area (Å²) in [5.41, 5.74) is 4.21. The Morgan fingerprint density at radius 3 is 2.00 bits per heavy atom. The number of aromatic nitrogens is 2. The van der Waals surface area contributed by atoms with Gasteiger partial charge in [-0.1, -0.05) is 6.58 Å². The van der Waals surface area contributed by atoms with E-state index in [2.05, 4.69) is 6.58 Å². The molecule has 1 aromatic heterocycles. The molecule has 0 fully saturated rings. The van der Waals surface area contributed by atoms with E-state index in [-0.39, 0.29) is 30.2 Å².